The quantitative estimate of drug-likeness (QED) is 0.881. The van der Waals surface area contributed by atoms with Crippen LogP contribution in [-0.4, -0.2) is 19.6 Å². The summed E-state index contributed by atoms with van der Waals surface area (Å²) in [5.41, 5.74) is 1.98. The number of methoxy groups -OCH3 is 1. The van der Waals surface area contributed by atoms with Crippen LogP contribution in [0.5, 0.6) is 11.5 Å². The van der Waals surface area contributed by atoms with Crippen LogP contribution in [0.15, 0.2) is 54.6 Å². The van der Waals surface area contributed by atoms with E-state index in [2.05, 4.69) is 5.32 Å². The smallest absolute Gasteiger partial charge is 0.244 e. The number of hydrogen-bond acceptors (Lipinski definition) is 3. The zero-order valence-electron chi connectivity index (χ0n) is 13.0. The third kappa shape index (κ3) is 3.72. The minimum Gasteiger partial charge on any atom is -0.497 e. The van der Waals surface area contributed by atoms with Crippen LogP contribution in [0.25, 0.3) is 6.08 Å². The summed E-state index contributed by atoms with van der Waals surface area (Å²) in [6.45, 7) is 0.615. The van der Waals surface area contributed by atoms with Crippen LogP contribution in [0.2, 0.25) is 0 Å². The van der Waals surface area contributed by atoms with Crippen LogP contribution < -0.4 is 14.8 Å². The Morgan fingerprint density at radius 3 is 2.78 bits per heavy atom. The first-order valence-electron chi connectivity index (χ1n) is 7.60. The molecule has 0 aliphatic carbocycles. The molecule has 4 heteroatoms. The molecule has 0 saturated heterocycles. The van der Waals surface area contributed by atoms with Gasteiger partial charge >= 0.3 is 0 Å². The second-order valence-electron chi connectivity index (χ2n) is 5.34. The summed E-state index contributed by atoms with van der Waals surface area (Å²) in [6.07, 6.45) is 4.12. The fourth-order valence-electron chi connectivity index (χ4n) is 2.60. The van der Waals surface area contributed by atoms with E-state index in [1.165, 1.54) is 0 Å². The average molecular weight is 309 g/mol. The molecule has 1 atom stereocenters. The third-order valence-electron chi connectivity index (χ3n) is 3.82. The van der Waals surface area contributed by atoms with Gasteiger partial charge in [-0.15, -0.1) is 0 Å². The van der Waals surface area contributed by atoms with Crippen molar-refractivity contribution in [2.45, 2.75) is 12.5 Å². The minimum absolute atomic E-state index is 0.00651. The molecule has 0 spiro atoms. The minimum atomic E-state index is -0.109. The number of hydrogen-bond donors (Lipinski definition) is 1. The number of benzene rings is 2. The maximum atomic E-state index is 12.2. The van der Waals surface area contributed by atoms with Gasteiger partial charge in [-0.25, -0.2) is 0 Å². The lowest BCUT2D eigenvalue weighted by Crippen LogP contribution is -2.30. The maximum absolute atomic E-state index is 12.2. The van der Waals surface area contributed by atoms with E-state index in [-0.39, 0.29) is 11.9 Å². The zero-order valence-corrected chi connectivity index (χ0v) is 13.0. The summed E-state index contributed by atoms with van der Waals surface area (Å²) in [4.78, 5) is 12.2. The molecule has 1 heterocycles. The Morgan fingerprint density at radius 2 is 2.00 bits per heavy atom. The van der Waals surface area contributed by atoms with E-state index >= 15 is 0 Å². The highest BCUT2D eigenvalue weighted by molar-refractivity contribution is 5.92. The van der Waals surface area contributed by atoms with Crippen LogP contribution in [-0.2, 0) is 4.79 Å². The molecular formula is C19H19NO3. The van der Waals surface area contributed by atoms with Crippen LogP contribution >= 0.6 is 0 Å². The van der Waals surface area contributed by atoms with E-state index in [4.69, 9.17) is 9.47 Å². The molecule has 3 rings (SSSR count). The maximum Gasteiger partial charge on any atom is 0.244 e. The summed E-state index contributed by atoms with van der Waals surface area (Å²) < 4.78 is 10.7. The summed E-state index contributed by atoms with van der Waals surface area (Å²) in [6, 6.07) is 15.4. The van der Waals surface area contributed by atoms with E-state index in [1.807, 2.05) is 48.5 Å². The predicted molar refractivity (Wildman–Crippen MR) is 89.5 cm³/mol. The fraction of sp³-hybridized carbons (Fsp3) is 0.211. The van der Waals surface area contributed by atoms with Gasteiger partial charge in [0.25, 0.3) is 0 Å². The highest BCUT2D eigenvalue weighted by Gasteiger charge is 2.21. The monoisotopic (exact) mass is 309 g/mol. The molecule has 0 aromatic heterocycles. The van der Waals surface area contributed by atoms with Crippen molar-refractivity contribution in [3.63, 3.8) is 0 Å². The topological polar surface area (TPSA) is 47.6 Å². The molecule has 1 aliphatic rings. The number of para-hydroxylation sites is 1. The van der Waals surface area contributed by atoms with Crippen LogP contribution in [0, 0.1) is 0 Å². The number of carbonyl (C=O) groups excluding carboxylic acids is 1. The van der Waals surface area contributed by atoms with Crippen molar-refractivity contribution >= 4 is 12.0 Å². The summed E-state index contributed by atoms with van der Waals surface area (Å²) >= 11 is 0. The second-order valence-corrected chi connectivity index (χ2v) is 5.34. The molecular weight excluding hydrogens is 290 g/mol. The molecule has 23 heavy (non-hydrogen) atoms. The van der Waals surface area contributed by atoms with Crippen molar-refractivity contribution in [2.24, 2.45) is 0 Å². The molecule has 118 valence electrons. The molecule has 2 aromatic rings. The lowest BCUT2D eigenvalue weighted by molar-refractivity contribution is -0.117. The molecule has 1 aliphatic heterocycles. The van der Waals surface area contributed by atoms with E-state index in [0.29, 0.717) is 6.61 Å². The Morgan fingerprint density at radius 1 is 1.22 bits per heavy atom. The van der Waals surface area contributed by atoms with Crippen LogP contribution in [0.3, 0.4) is 0 Å². The molecule has 2 aromatic carbocycles. The normalized spacial score (nSPS) is 16.5. The van der Waals surface area contributed by atoms with Crippen molar-refractivity contribution in [2.75, 3.05) is 13.7 Å². The molecule has 1 N–H and O–H groups in total. The van der Waals surface area contributed by atoms with Gasteiger partial charge in [-0.05, 0) is 29.8 Å². The Labute approximate surface area is 135 Å². The zero-order chi connectivity index (χ0) is 16.1. The molecule has 0 saturated carbocycles. The van der Waals surface area contributed by atoms with Crippen molar-refractivity contribution in [3.05, 3.63) is 65.7 Å². The first kappa shape index (κ1) is 15.2. The van der Waals surface area contributed by atoms with Gasteiger partial charge in [-0.1, -0.05) is 30.3 Å². The SMILES string of the molecule is COc1ccc(/C=C/C(=O)N[C@@H]2CCOc3ccccc32)cc1. The number of amides is 1. The Kier molecular flexibility index (Phi) is 4.62. The van der Waals surface area contributed by atoms with Crippen molar-refractivity contribution in [1.29, 1.82) is 0 Å². The number of rotatable bonds is 4. The first-order chi connectivity index (χ1) is 11.3. The lowest BCUT2D eigenvalue weighted by Gasteiger charge is -2.26. The molecule has 0 radical (unpaired) electrons. The van der Waals surface area contributed by atoms with Crippen molar-refractivity contribution < 1.29 is 14.3 Å². The van der Waals surface area contributed by atoms with Gasteiger partial charge in [0, 0.05) is 18.1 Å². The van der Waals surface area contributed by atoms with Gasteiger partial charge in [0.15, 0.2) is 0 Å². The van der Waals surface area contributed by atoms with E-state index in [0.717, 1.165) is 29.0 Å². The highest BCUT2D eigenvalue weighted by Crippen LogP contribution is 2.31. The molecule has 4 nitrogen and oxygen atoms in total. The summed E-state index contributed by atoms with van der Waals surface area (Å²) in [5.74, 6) is 1.54. The standard InChI is InChI=1S/C19H19NO3/c1-22-15-9-6-14(7-10-15)8-11-19(21)20-17-12-13-23-18-5-3-2-4-16(17)18/h2-11,17H,12-13H2,1H3,(H,20,21)/b11-8+/t17-/m1/s1. The van der Waals surface area contributed by atoms with E-state index in [9.17, 15) is 4.79 Å². The molecule has 0 fully saturated rings. The summed E-state index contributed by atoms with van der Waals surface area (Å²) in [5, 5.41) is 3.04. The molecule has 1 amide bonds. The molecule has 0 unspecified atom stereocenters. The lowest BCUT2D eigenvalue weighted by atomic mass is 10.0. The number of ether oxygens (including phenoxy) is 2. The summed E-state index contributed by atoms with van der Waals surface area (Å²) in [7, 11) is 1.63. The van der Waals surface area contributed by atoms with Gasteiger partial charge in [0.1, 0.15) is 11.5 Å². The first-order valence-corrected chi connectivity index (χ1v) is 7.60. The number of nitrogens with one attached hydrogen (secondary N) is 1. The third-order valence-corrected chi connectivity index (χ3v) is 3.82. The highest BCUT2D eigenvalue weighted by atomic mass is 16.5. The molecule has 0 bridgehead atoms. The van der Waals surface area contributed by atoms with E-state index < -0.39 is 0 Å². The van der Waals surface area contributed by atoms with E-state index in [1.54, 1.807) is 19.3 Å². The van der Waals surface area contributed by atoms with Crippen LogP contribution in [0.4, 0.5) is 0 Å². The van der Waals surface area contributed by atoms with Gasteiger partial charge in [0.2, 0.25) is 5.91 Å². The Bertz CT molecular complexity index is 707. The fourth-order valence-corrected chi connectivity index (χ4v) is 2.60. The van der Waals surface area contributed by atoms with Crippen molar-refractivity contribution in [3.8, 4) is 11.5 Å². The largest absolute Gasteiger partial charge is 0.497 e. The van der Waals surface area contributed by atoms with Gasteiger partial charge < -0.3 is 14.8 Å². The van der Waals surface area contributed by atoms with Gasteiger partial charge in [0.05, 0.1) is 19.8 Å². The van der Waals surface area contributed by atoms with Gasteiger partial charge in [-0.2, -0.15) is 0 Å². The van der Waals surface area contributed by atoms with Gasteiger partial charge in [-0.3, -0.25) is 4.79 Å². The number of carbonyl (C=O) groups is 1. The Balaban J connectivity index is 1.64. The van der Waals surface area contributed by atoms with Crippen molar-refractivity contribution in [1.82, 2.24) is 5.32 Å². The Hall–Kier alpha value is -2.75. The number of fused-ring (bicyclic) bond motifs is 1. The predicted octanol–water partition coefficient (Wildman–Crippen LogP) is 3.35. The van der Waals surface area contributed by atoms with Crippen LogP contribution in [0.1, 0.15) is 23.6 Å². The second kappa shape index (κ2) is 7.01. The average Bonchev–Trinajstić information content (AvgIpc) is 2.61.